The zero-order valence-corrected chi connectivity index (χ0v) is 11.7. The SMILES string of the molecule is CC(C)CC(C)N(C)C(=O)OCc1ccccc1. The van der Waals surface area contributed by atoms with Crippen LogP contribution in [0.2, 0.25) is 0 Å². The molecule has 1 aromatic carbocycles. The van der Waals surface area contributed by atoms with E-state index >= 15 is 0 Å². The largest absolute Gasteiger partial charge is 0.445 e. The van der Waals surface area contributed by atoms with Crippen LogP contribution in [0.5, 0.6) is 0 Å². The number of ether oxygens (including phenoxy) is 1. The number of hydrogen-bond donors (Lipinski definition) is 0. The molecule has 1 aromatic rings. The van der Waals surface area contributed by atoms with Gasteiger partial charge in [0.05, 0.1) is 0 Å². The Morgan fingerprint density at radius 1 is 1.22 bits per heavy atom. The van der Waals surface area contributed by atoms with Gasteiger partial charge in [0.1, 0.15) is 6.61 Å². The summed E-state index contributed by atoms with van der Waals surface area (Å²) in [5, 5.41) is 0. The lowest BCUT2D eigenvalue weighted by Crippen LogP contribution is -2.36. The van der Waals surface area contributed by atoms with Crippen molar-refractivity contribution in [2.45, 2.75) is 39.8 Å². The zero-order valence-electron chi connectivity index (χ0n) is 11.7. The van der Waals surface area contributed by atoms with Crippen LogP contribution in [0.4, 0.5) is 4.79 Å². The highest BCUT2D eigenvalue weighted by Crippen LogP contribution is 2.11. The molecule has 18 heavy (non-hydrogen) atoms. The van der Waals surface area contributed by atoms with E-state index in [1.165, 1.54) is 0 Å². The average Bonchev–Trinajstić information content (AvgIpc) is 2.35. The monoisotopic (exact) mass is 249 g/mol. The Labute approximate surface area is 110 Å². The minimum atomic E-state index is -0.257. The van der Waals surface area contributed by atoms with Gasteiger partial charge in [-0.25, -0.2) is 4.79 Å². The first-order valence-electron chi connectivity index (χ1n) is 6.44. The summed E-state index contributed by atoms with van der Waals surface area (Å²) in [5.74, 6) is 0.573. The molecule has 0 heterocycles. The summed E-state index contributed by atoms with van der Waals surface area (Å²) in [6.07, 6.45) is 0.726. The van der Waals surface area contributed by atoms with Crippen LogP contribution in [0, 0.1) is 5.92 Å². The van der Waals surface area contributed by atoms with Gasteiger partial charge in [0.2, 0.25) is 0 Å². The molecule has 0 aliphatic rings. The molecule has 1 atom stereocenters. The van der Waals surface area contributed by atoms with Crippen molar-refractivity contribution in [2.75, 3.05) is 7.05 Å². The number of benzene rings is 1. The topological polar surface area (TPSA) is 29.5 Å². The van der Waals surface area contributed by atoms with Gasteiger partial charge < -0.3 is 9.64 Å². The van der Waals surface area contributed by atoms with Crippen molar-refractivity contribution in [2.24, 2.45) is 5.92 Å². The van der Waals surface area contributed by atoms with Crippen molar-refractivity contribution in [1.82, 2.24) is 4.90 Å². The maximum Gasteiger partial charge on any atom is 0.410 e. The highest BCUT2D eigenvalue weighted by atomic mass is 16.6. The lowest BCUT2D eigenvalue weighted by molar-refractivity contribution is 0.0901. The van der Waals surface area contributed by atoms with E-state index in [9.17, 15) is 4.79 Å². The zero-order chi connectivity index (χ0) is 13.5. The molecule has 0 aliphatic heterocycles. The van der Waals surface area contributed by atoms with Gasteiger partial charge in [0.15, 0.2) is 0 Å². The van der Waals surface area contributed by atoms with Crippen molar-refractivity contribution in [3.8, 4) is 0 Å². The number of amides is 1. The molecule has 0 N–H and O–H groups in total. The molecule has 0 aliphatic carbocycles. The van der Waals surface area contributed by atoms with Gasteiger partial charge in [-0.2, -0.15) is 0 Å². The van der Waals surface area contributed by atoms with Gasteiger partial charge in [0.25, 0.3) is 0 Å². The normalized spacial score (nSPS) is 12.3. The third-order valence-electron chi connectivity index (χ3n) is 2.97. The molecule has 0 aromatic heterocycles. The number of nitrogens with zero attached hydrogens (tertiary/aromatic N) is 1. The molecule has 1 unspecified atom stereocenters. The van der Waals surface area contributed by atoms with E-state index in [1.807, 2.05) is 37.3 Å². The van der Waals surface area contributed by atoms with Gasteiger partial charge in [-0.05, 0) is 24.8 Å². The molecule has 1 rings (SSSR count). The van der Waals surface area contributed by atoms with Gasteiger partial charge in [-0.3, -0.25) is 0 Å². The predicted molar refractivity (Wildman–Crippen MR) is 73.3 cm³/mol. The first-order valence-corrected chi connectivity index (χ1v) is 6.44. The molecule has 0 saturated heterocycles. The Morgan fingerprint density at radius 3 is 2.39 bits per heavy atom. The van der Waals surface area contributed by atoms with Crippen LogP contribution in [-0.4, -0.2) is 24.1 Å². The number of hydrogen-bond acceptors (Lipinski definition) is 2. The molecule has 0 spiro atoms. The smallest absolute Gasteiger partial charge is 0.410 e. The second-order valence-corrected chi connectivity index (χ2v) is 5.13. The standard InChI is InChI=1S/C15H23NO2/c1-12(2)10-13(3)16(4)15(17)18-11-14-8-6-5-7-9-14/h5-9,12-13H,10-11H2,1-4H3. The van der Waals surface area contributed by atoms with E-state index in [4.69, 9.17) is 4.74 Å². The molecule has 0 bridgehead atoms. The van der Waals surface area contributed by atoms with Crippen molar-refractivity contribution < 1.29 is 9.53 Å². The molecular weight excluding hydrogens is 226 g/mol. The third kappa shape index (κ3) is 4.78. The summed E-state index contributed by atoms with van der Waals surface area (Å²) in [6.45, 7) is 6.68. The quantitative estimate of drug-likeness (QED) is 0.796. The maximum absolute atomic E-state index is 11.8. The first kappa shape index (κ1) is 14.6. The predicted octanol–water partition coefficient (Wildman–Crippen LogP) is 3.69. The Bertz CT molecular complexity index is 362. The number of rotatable bonds is 5. The van der Waals surface area contributed by atoms with Gasteiger partial charge in [-0.1, -0.05) is 44.2 Å². The Kier molecular flexibility index (Phi) is 5.69. The fourth-order valence-corrected chi connectivity index (χ4v) is 1.84. The van der Waals surface area contributed by atoms with Crippen LogP contribution < -0.4 is 0 Å². The van der Waals surface area contributed by atoms with Gasteiger partial charge in [0, 0.05) is 13.1 Å². The highest BCUT2D eigenvalue weighted by Gasteiger charge is 2.17. The van der Waals surface area contributed by atoms with Crippen molar-refractivity contribution >= 4 is 6.09 Å². The Morgan fingerprint density at radius 2 is 1.83 bits per heavy atom. The van der Waals surface area contributed by atoms with Crippen LogP contribution in [0.3, 0.4) is 0 Å². The van der Waals surface area contributed by atoms with Crippen molar-refractivity contribution in [1.29, 1.82) is 0 Å². The summed E-state index contributed by atoms with van der Waals surface area (Å²) < 4.78 is 5.28. The molecule has 3 heteroatoms. The summed E-state index contributed by atoms with van der Waals surface area (Å²) >= 11 is 0. The molecule has 100 valence electrons. The molecule has 0 fully saturated rings. The molecule has 0 saturated carbocycles. The summed E-state index contributed by atoms with van der Waals surface area (Å²) in [4.78, 5) is 13.5. The summed E-state index contributed by atoms with van der Waals surface area (Å²) in [6, 6.07) is 9.92. The van der Waals surface area contributed by atoms with E-state index in [1.54, 1.807) is 11.9 Å². The minimum absolute atomic E-state index is 0.202. The van der Waals surface area contributed by atoms with Crippen LogP contribution in [0.1, 0.15) is 32.8 Å². The Balaban J connectivity index is 2.40. The first-order chi connectivity index (χ1) is 8.50. The van der Waals surface area contributed by atoms with Crippen LogP contribution in [0.15, 0.2) is 30.3 Å². The fourth-order valence-electron chi connectivity index (χ4n) is 1.84. The summed E-state index contributed by atoms with van der Waals surface area (Å²) in [7, 11) is 1.79. The van der Waals surface area contributed by atoms with Crippen molar-refractivity contribution in [3.05, 3.63) is 35.9 Å². The second kappa shape index (κ2) is 7.04. The number of carbonyl (C=O) groups is 1. The highest BCUT2D eigenvalue weighted by molar-refractivity contribution is 5.67. The van der Waals surface area contributed by atoms with Crippen LogP contribution in [-0.2, 0) is 11.3 Å². The fraction of sp³-hybridized carbons (Fsp3) is 0.533. The van der Waals surface area contributed by atoms with Gasteiger partial charge in [-0.15, -0.1) is 0 Å². The van der Waals surface area contributed by atoms with E-state index in [0.29, 0.717) is 12.5 Å². The lowest BCUT2D eigenvalue weighted by atomic mass is 10.0. The molecular formula is C15H23NO2. The van der Waals surface area contributed by atoms with E-state index in [-0.39, 0.29) is 12.1 Å². The molecule has 1 amide bonds. The second-order valence-electron chi connectivity index (χ2n) is 5.13. The van der Waals surface area contributed by atoms with E-state index in [0.717, 1.165) is 12.0 Å². The maximum atomic E-state index is 11.8. The minimum Gasteiger partial charge on any atom is -0.445 e. The lowest BCUT2D eigenvalue weighted by Gasteiger charge is -2.25. The van der Waals surface area contributed by atoms with E-state index in [2.05, 4.69) is 13.8 Å². The van der Waals surface area contributed by atoms with Crippen LogP contribution >= 0.6 is 0 Å². The van der Waals surface area contributed by atoms with Crippen LogP contribution in [0.25, 0.3) is 0 Å². The third-order valence-corrected chi connectivity index (χ3v) is 2.97. The Hall–Kier alpha value is -1.51. The number of carbonyl (C=O) groups excluding carboxylic acids is 1. The van der Waals surface area contributed by atoms with Gasteiger partial charge >= 0.3 is 6.09 Å². The molecule has 0 radical (unpaired) electrons. The van der Waals surface area contributed by atoms with E-state index < -0.39 is 0 Å². The molecule has 3 nitrogen and oxygen atoms in total. The summed E-state index contributed by atoms with van der Waals surface area (Å²) in [5.41, 5.74) is 1.01. The van der Waals surface area contributed by atoms with Crippen molar-refractivity contribution in [3.63, 3.8) is 0 Å². The average molecular weight is 249 g/mol.